The third-order valence-corrected chi connectivity index (χ3v) is 6.39. The van der Waals surface area contributed by atoms with Crippen molar-refractivity contribution in [3.63, 3.8) is 0 Å². The Labute approximate surface area is 155 Å². The number of hydrogen-bond donors (Lipinski definition) is 0. The molecule has 1 unspecified atom stereocenters. The van der Waals surface area contributed by atoms with Gasteiger partial charge in [-0.05, 0) is 30.9 Å². The summed E-state index contributed by atoms with van der Waals surface area (Å²) < 4.78 is 8.25. The van der Waals surface area contributed by atoms with Crippen LogP contribution in [0.15, 0.2) is 29.4 Å². The van der Waals surface area contributed by atoms with E-state index in [0.29, 0.717) is 19.3 Å². The second-order valence-corrected chi connectivity index (χ2v) is 8.58. The number of aryl methyl sites for hydroxylation is 2. The highest BCUT2D eigenvalue weighted by Crippen LogP contribution is 2.25. The van der Waals surface area contributed by atoms with E-state index >= 15 is 0 Å². The topological polar surface area (TPSA) is 43.2 Å². The molecule has 0 spiro atoms. The molecule has 0 amide bonds. The summed E-state index contributed by atoms with van der Waals surface area (Å²) in [4.78, 5) is 12.8. The maximum atomic E-state index is 5.98. The van der Waals surface area contributed by atoms with Gasteiger partial charge in [0.1, 0.15) is 0 Å². The second kappa shape index (κ2) is 7.37. The van der Waals surface area contributed by atoms with Crippen LogP contribution in [0.25, 0.3) is 0 Å². The largest absolute Gasteiger partial charge is 0.373 e. The van der Waals surface area contributed by atoms with Crippen LogP contribution in [0.1, 0.15) is 32.9 Å². The number of ether oxygens (including phenoxy) is 1. The number of imidazole rings is 1. The molecule has 5 nitrogen and oxygen atoms in total. The molecule has 0 saturated carbocycles. The number of fused-ring (bicyclic) bond motifs is 1. The summed E-state index contributed by atoms with van der Waals surface area (Å²) in [7, 11) is 0. The lowest BCUT2D eigenvalue weighted by Crippen LogP contribution is -2.38. The summed E-state index contributed by atoms with van der Waals surface area (Å²) in [6.07, 6.45) is 3.91. The van der Waals surface area contributed by atoms with Gasteiger partial charge in [0.2, 0.25) is 0 Å². The third kappa shape index (κ3) is 3.84. The molecule has 0 aliphatic carbocycles. The third-order valence-electron chi connectivity index (χ3n) is 4.56. The van der Waals surface area contributed by atoms with E-state index in [1.165, 1.54) is 16.1 Å². The minimum Gasteiger partial charge on any atom is -0.373 e. The van der Waals surface area contributed by atoms with Gasteiger partial charge in [-0.2, -0.15) is 0 Å². The first-order valence-corrected chi connectivity index (χ1v) is 10.2. The van der Waals surface area contributed by atoms with E-state index in [9.17, 15) is 0 Å². The minimum absolute atomic E-state index is 0.297. The van der Waals surface area contributed by atoms with Gasteiger partial charge in [-0.3, -0.25) is 4.90 Å². The SMILES string of the molecule is Cc1nc(COCC2CN(Cc3sccc3C)Cc3cncn32)cs1. The molecule has 0 saturated heterocycles. The molecule has 3 aromatic rings. The van der Waals surface area contributed by atoms with Crippen molar-refractivity contribution in [2.24, 2.45) is 0 Å². The van der Waals surface area contributed by atoms with Crippen molar-refractivity contribution in [1.82, 2.24) is 19.4 Å². The summed E-state index contributed by atoms with van der Waals surface area (Å²) in [5.41, 5.74) is 3.67. The van der Waals surface area contributed by atoms with E-state index in [1.54, 1.807) is 11.3 Å². The predicted octanol–water partition coefficient (Wildman–Crippen LogP) is 3.79. The van der Waals surface area contributed by atoms with Crippen LogP contribution in [0.4, 0.5) is 0 Å². The van der Waals surface area contributed by atoms with Crippen LogP contribution < -0.4 is 0 Å². The van der Waals surface area contributed by atoms with E-state index in [1.807, 2.05) is 30.8 Å². The lowest BCUT2D eigenvalue weighted by atomic mass is 10.2. The molecular formula is C18H22N4OS2. The predicted molar refractivity (Wildman–Crippen MR) is 101 cm³/mol. The Bertz CT molecular complexity index is 838. The maximum absolute atomic E-state index is 5.98. The molecule has 132 valence electrons. The summed E-state index contributed by atoms with van der Waals surface area (Å²) in [5, 5.41) is 5.34. The molecule has 0 bridgehead atoms. The summed E-state index contributed by atoms with van der Waals surface area (Å²) in [6.45, 7) is 8.40. The fourth-order valence-electron chi connectivity index (χ4n) is 3.26. The molecule has 1 atom stereocenters. The van der Waals surface area contributed by atoms with Gasteiger partial charge in [0.25, 0.3) is 0 Å². The molecule has 4 heterocycles. The average Bonchev–Trinajstić information content (AvgIpc) is 3.30. The minimum atomic E-state index is 0.297. The number of thiazole rings is 1. The Kier molecular flexibility index (Phi) is 4.98. The molecule has 1 aliphatic rings. The zero-order valence-corrected chi connectivity index (χ0v) is 16.1. The Morgan fingerprint density at radius 3 is 3.00 bits per heavy atom. The van der Waals surface area contributed by atoms with Gasteiger partial charge >= 0.3 is 0 Å². The number of rotatable bonds is 6. The fourth-order valence-corrected chi connectivity index (χ4v) is 4.80. The number of aromatic nitrogens is 3. The van der Waals surface area contributed by atoms with Crippen molar-refractivity contribution in [2.45, 2.75) is 39.6 Å². The molecule has 0 N–H and O–H groups in total. The van der Waals surface area contributed by atoms with Crippen molar-refractivity contribution in [1.29, 1.82) is 0 Å². The molecule has 0 fully saturated rings. The van der Waals surface area contributed by atoms with Crippen LogP contribution in [0.2, 0.25) is 0 Å². The standard InChI is InChI=1S/C18H22N4OS2/c1-13-3-4-24-18(13)8-21-6-16-5-19-12-22(16)17(7-21)10-23-9-15-11-25-14(2)20-15/h3-5,11-12,17H,6-10H2,1-2H3. The van der Waals surface area contributed by atoms with Crippen LogP contribution in [0.3, 0.4) is 0 Å². The first-order valence-electron chi connectivity index (χ1n) is 8.44. The lowest BCUT2D eigenvalue weighted by molar-refractivity contribution is 0.0577. The molecule has 25 heavy (non-hydrogen) atoms. The highest BCUT2D eigenvalue weighted by Gasteiger charge is 2.25. The molecule has 0 aromatic carbocycles. The van der Waals surface area contributed by atoms with Crippen molar-refractivity contribution in [3.05, 3.63) is 56.2 Å². The van der Waals surface area contributed by atoms with Crippen molar-refractivity contribution < 1.29 is 4.74 Å². The molecule has 1 aliphatic heterocycles. The highest BCUT2D eigenvalue weighted by molar-refractivity contribution is 7.10. The van der Waals surface area contributed by atoms with Gasteiger partial charge < -0.3 is 9.30 Å². The van der Waals surface area contributed by atoms with E-state index in [0.717, 1.165) is 30.3 Å². The molecular weight excluding hydrogens is 352 g/mol. The Balaban J connectivity index is 1.41. The molecule has 7 heteroatoms. The van der Waals surface area contributed by atoms with Gasteiger partial charge in [0.15, 0.2) is 0 Å². The van der Waals surface area contributed by atoms with Crippen LogP contribution in [0, 0.1) is 13.8 Å². The van der Waals surface area contributed by atoms with Crippen molar-refractivity contribution >= 4 is 22.7 Å². The normalized spacial score (nSPS) is 17.8. The first-order chi connectivity index (χ1) is 12.2. The zero-order chi connectivity index (χ0) is 17.2. The van der Waals surface area contributed by atoms with E-state index < -0.39 is 0 Å². The Hall–Kier alpha value is -1.54. The maximum Gasteiger partial charge on any atom is 0.0952 e. The number of hydrogen-bond acceptors (Lipinski definition) is 6. The van der Waals surface area contributed by atoms with Gasteiger partial charge in [-0.15, -0.1) is 22.7 Å². The fraction of sp³-hybridized carbons (Fsp3) is 0.444. The highest BCUT2D eigenvalue weighted by atomic mass is 32.1. The lowest BCUT2D eigenvalue weighted by Gasteiger charge is -2.34. The van der Waals surface area contributed by atoms with Gasteiger partial charge in [-0.25, -0.2) is 9.97 Å². The second-order valence-electron chi connectivity index (χ2n) is 6.52. The molecule has 4 rings (SSSR count). The van der Waals surface area contributed by atoms with Crippen LogP contribution in [0.5, 0.6) is 0 Å². The average molecular weight is 375 g/mol. The van der Waals surface area contributed by atoms with Crippen molar-refractivity contribution in [2.75, 3.05) is 13.2 Å². The van der Waals surface area contributed by atoms with Gasteiger partial charge in [0, 0.05) is 36.1 Å². The number of thiophene rings is 1. The quantitative estimate of drug-likeness (QED) is 0.658. The summed E-state index contributed by atoms with van der Waals surface area (Å²) in [6, 6.07) is 2.50. The van der Waals surface area contributed by atoms with Gasteiger partial charge in [0.05, 0.1) is 42.0 Å². The van der Waals surface area contributed by atoms with E-state index in [4.69, 9.17) is 4.74 Å². The molecule has 3 aromatic heterocycles. The summed E-state index contributed by atoms with van der Waals surface area (Å²) >= 11 is 3.51. The van der Waals surface area contributed by atoms with Crippen LogP contribution in [-0.2, 0) is 24.4 Å². The van der Waals surface area contributed by atoms with E-state index in [-0.39, 0.29) is 0 Å². The van der Waals surface area contributed by atoms with Crippen LogP contribution in [-0.4, -0.2) is 32.6 Å². The Morgan fingerprint density at radius 1 is 1.32 bits per heavy atom. The smallest absolute Gasteiger partial charge is 0.0952 e. The van der Waals surface area contributed by atoms with E-state index in [2.05, 4.69) is 43.2 Å². The Morgan fingerprint density at radius 2 is 2.24 bits per heavy atom. The van der Waals surface area contributed by atoms with Gasteiger partial charge in [-0.1, -0.05) is 0 Å². The molecule has 0 radical (unpaired) electrons. The summed E-state index contributed by atoms with van der Waals surface area (Å²) in [5.74, 6) is 0. The van der Waals surface area contributed by atoms with Crippen molar-refractivity contribution in [3.8, 4) is 0 Å². The number of nitrogens with zero attached hydrogens (tertiary/aromatic N) is 4. The monoisotopic (exact) mass is 374 g/mol. The zero-order valence-electron chi connectivity index (χ0n) is 14.5. The van der Waals surface area contributed by atoms with Crippen LogP contribution >= 0.6 is 22.7 Å². The first kappa shape index (κ1) is 16.9.